The summed E-state index contributed by atoms with van der Waals surface area (Å²) in [7, 11) is 1.58. The number of thioether (sulfide) groups is 1. The second-order valence-corrected chi connectivity index (χ2v) is 8.84. The number of methoxy groups -OCH3 is 1. The van der Waals surface area contributed by atoms with Gasteiger partial charge >= 0.3 is 0 Å². The van der Waals surface area contributed by atoms with Crippen LogP contribution < -0.4 is 9.47 Å². The molecule has 1 aliphatic heterocycles. The first kappa shape index (κ1) is 22.0. The second kappa shape index (κ2) is 9.85. The lowest BCUT2D eigenvalue weighted by atomic mass is 10.1. The van der Waals surface area contributed by atoms with E-state index in [1.165, 1.54) is 16.7 Å². The van der Waals surface area contributed by atoms with Gasteiger partial charge in [0, 0.05) is 10.8 Å². The maximum absolute atomic E-state index is 13.3. The Bertz CT molecular complexity index is 950. The maximum Gasteiger partial charge on any atom is 0.268 e. The summed E-state index contributed by atoms with van der Waals surface area (Å²) in [5, 5.41) is 0.171. The van der Waals surface area contributed by atoms with Crippen molar-refractivity contribution in [2.45, 2.75) is 39.0 Å². The average molecular weight is 426 g/mol. The summed E-state index contributed by atoms with van der Waals surface area (Å²) in [5.74, 6) is 0.867. The van der Waals surface area contributed by atoms with E-state index in [1.54, 1.807) is 7.11 Å². The number of rotatable bonds is 9. The molecule has 2 aromatic rings. The Morgan fingerprint density at radius 1 is 1.00 bits per heavy atom. The summed E-state index contributed by atoms with van der Waals surface area (Å²) < 4.78 is 11.0. The summed E-state index contributed by atoms with van der Waals surface area (Å²) in [4.78, 5) is 28.3. The molecule has 0 aromatic heterocycles. The van der Waals surface area contributed by atoms with Gasteiger partial charge in [0.1, 0.15) is 11.5 Å². The van der Waals surface area contributed by atoms with E-state index < -0.39 is 0 Å². The van der Waals surface area contributed by atoms with Gasteiger partial charge in [0.2, 0.25) is 0 Å². The van der Waals surface area contributed by atoms with E-state index in [9.17, 15) is 9.59 Å². The number of para-hydroxylation sites is 1. The minimum absolute atomic E-state index is 0.171. The Labute approximate surface area is 182 Å². The van der Waals surface area contributed by atoms with Gasteiger partial charge in [-0.3, -0.25) is 14.5 Å². The molecule has 0 unspecified atom stereocenters. The highest BCUT2D eigenvalue weighted by atomic mass is 32.2. The fourth-order valence-electron chi connectivity index (χ4n) is 3.24. The number of nitrogens with zero attached hydrogens (tertiary/aromatic N) is 1. The Balaban J connectivity index is 1.93. The minimum Gasteiger partial charge on any atom is -0.496 e. The first-order valence-electron chi connectivity index (χ1n) is 10.1. The SMILES string of the molecule is CCCOc1ccc(C2=C(SC(C)C)C(=O)N(Cc3ccccc3OC)C2=O)cc1. The molecule has 0 fully saturated rings. The molecule has 6 heteroatoms. The molecule has 0 radical (unpaired) electrons. The van der Waals surface area contributed by atoms with Gasteiger partial charge in [-0.05, 0) is 30.2 Å². The summed E-state index contributed by atoms with van der Waals surface area (Å²) in [6.07, 6.45) is 0.924. The van der Waals surface area contributed by atoms with Crippen LogP contribution in [0.5, 0.6) is 11.5 Å². The topological polar surface area (TPSA) is 55.8 Å². The predicted molar refractivity (Wildman–Crippen MR) is 120 cm³/mol. The van der Waals surface area contributed by atoms with Crippen LogP contribution in [0.2, 0.25) is 0 Å². The van der Waals surface area contributed by atoms with Crippen molar-refractivity contribution >= 4 is 29.1 Å². The molecule has 2 aromatic carbocycles. The third-order valence-corrected chi connectivity index (χ3v) is 5.70. The normalized spacial score (nSPS) is 14.1. The van der Waals surface area contributed by atoms with E-state index in [0.717, 1.165) is 23.3 Å². The molecule has 2 amide bonds. The molecule has 0 saturated carbocycles. The fraction of sp³-hybridized carbons (Fsp3) is 0.333. The van der Waals surface area contributed by atoms with Gasteiger partial charge in [-0.25, -0.2) is 0 Å². The van der Waals surface area contributed by atoms with Crippen molar-refractivity contribution < 1.29 is 19.1 Å². The molecule has 158 valence electrons. The monoisotopic (exact) mass is 425 g/mol. The van der Waals surface area contributed by atoms with Crippen molar-refractivity contribution in [3.05, 3.63) is 64.6 Å². The molecule has 0 aliphatic carbocycles. The molecule has 0 N–H and O–H groups in total. The number of hydrogen-bond acceptors (Lipinski definition) is 5. The zero-order valence-electron chi connectivity index (χ0n) is 17.8. The van der Waals surface area contributed by atoms with Crippen LogP contribution in [-0.4, -0.2) is 35.7 Å². The fourth-order valence-corrected chi connectivity index (χ4v) is 4.24. The van der Waals surface area contributed by atoms with E-state index in [4.69, 9.17) is 9.47 Å². The van der Waals surface area contributed by atoms with Crippen LogP contribution in [0.4, 0.5) is 0 Å². The van der Waals surface area contributed by atoms with Crippen LogP contribution in [0, 0.1) is 0 Å². The van der Waals surface area contributed by atoms with Gasteiger partial charge in [0.05, 0.1) is 30.7 Å². The number of carbonyl (C=O) groups is 2. The molecule has 0 atom stereocenters. The lowest BCUT2D eigenvalue weighted by Gasteiger charge is -2.17. The van der Waals surface area contributed by atoms with Gasteiger partial charge in [-0.1, -0.05) is 51.1 Å². The third-order valence-electron chi connectivity index (χ3n) is 4.62. The van der Waals surface area contributed by atoms with Crippen LogP contribution in [0.1, 0.15) is 38.3 Å². The summed E-state index contributed by atoms with van der Waals surface area (Å²) in [6.45, 7) is 6.88. The smallest absolute Gasteiger partial charge is 0.268 e. The summed E-state index contributed by atoms with van der Waals surface area (Å²) >= 11 is 1.42. The molecule has 0 saturated heterocycles. The molecule has 0 bridgehead atoms. The number of hydrogen-bond donors (Lipinski definition) is 0. The molecule has 5 nitrogen and oxygen atoms in total. The van der Waals surface area contributed by atoms with Crippen molar-refractivity contribution in [1.29, 1.82) is 0 Å². The van der Waals surface area contributed by atoms with Crippen molar-refractivity contribution in [3.8, 4) is 11.5 Å². The number of ether oxygens (including phenoxy) is 2. The highest BCUT2D eigenvalue weighted by Crippen LogP contribution is 2.39. The van der Waals surface area contributed by atoms with E-state index in [-0.39, 0.29) is 23.6 Å². The Hall–Kier alpha value is -2.73. The second-order valence-electron chi connectivity index (χ2n) is 7.25. The maximum atomic E-state index is 13.3. The van der Waals surface area contributed by atoms with E-state index in [1.807, 2.05) is 69.3 Å². The summed E-state index contributed by atoms with van der Waals surface area (Å²) in [5.41, 5.74) is 1.97. The van der Waals surface area contributed by atoms with Crippen LogP contribution >= 0.6 is 11.8 Å². The van der Waals surface area contributed by atoms with Gasteiger partial charge in [-0.2, -0.15) is 0 Å². The van der Waals surface area contributed by atoms with E-state index >= 15 is 0 Å². The zero-order chi connectivity index (χ0) is 21.7. The highest BCUT2D eigenvalue weighted by Gasteiger charge is 2.39. The number of imide groups is 1. The van der Waals surface area contributed by atoms with Crippen molar-refractivity contribution in [2.24, 2.45) is 0 Å². The molecule has 0 spiro atoms. The standard InChI is InChI=1S/C24H27NO4S/c1-5-14-29-19-12-10-17(11-13-19)21-22(30-16(2)3)24(27)25(23(21)26)15-18-8-6-7-9-20(18)28-4/h6-13,16H,5,14-15H2,1-4H3. The quantitative estimate of drug-likeness (QED) is 0.535. The minimum atomic E-state index is -0.281. The Kier molecular flexibility index (Phi) is 7.21. The van der Waals surface area contributed by atoms with Crippen LogP contribution in [0.25, 0.3) is 5.57 Å². The number of benzene rings is 2. The van der Waals surface area contributed by atoms with Crippen molar-refractivity contribution in [1.82, 2.24) is 4.90 Å². The van der Waals surface area contributed by atoms with Crippen LogP contribution in [0.3, 0.4) is 0 Å². The largest absolute Gasteiger partial charge is 0.496 e. The van der Waals surface area contributed by atoms with Crippen molar-refractivity contribution in [2.75, 3.05) is 13.7 Å². The lowest BCUT2D eigenvalue weighted by molar-refractivity contribution is -0.137. The average Bonchev–Trinajstić information content (AvgIpc) is 2.97. The van der Waals surface area contributed by atoms with Crippen LogP contribution in [-0.2, 0) is 16.1 Å². The predicted octanol–water partition coefficient (Wildman–Crippen LogP) is 4.91. The molecule has 30 heavy (non-hydrogen) atoms. The highest BCUT2D eigenvalue weighted by molar-refractivity contribution is 8.04. The van der Waals surface area contributed by atoms with Crippen LogP contribution in [0.15, 0.2) is 53.4 Å². The van der Waals surface area contributed by atoms with Crippen molar-refractivity contribution in [3.63, 3.8) is 0 Å². The van der Waals surface area contributed by atoms with Gasteiger partial charge in [0.25, 0.3) is 11.8 Å². The molecular weight excluding hydrogens is 398 g/mol. The van der Waals surface area contributed by atoms with E-state index in [0.29, 0.717) is 22.8 Å². The van der Waals surface area contributed by atoms with Gasteiger partial charge in [-0.15, -0.1) is 11.8 Å². The molecule has 1 aliphatic rings. The molecule has 3 rings (SSSR count). The Morgan fingerprint density at radius 3 is 2.33 bits per heavy atom. The van der Waals surface area contributed by atoms with Gasteiger partial charge < -0.3 is 9.47 Å². The van der Waals surface area contributed by atoms with E-state index in [2.05, 4.69) is 0 Å². The lowest BCUT2D eigenvalue weighted by Crippen LogP contribution is -2.31. The molecular formula is C24H27NO4S. The van der Waals surface area contributed by atoms with Gasteiger partial charge in [0.15, 0.2) is 0 Å². The zero-order valence-corrected chi connectivity index (χ0v) is 18.6. The first-order valence-corrected chi connectivity index (χ1v) is 11.0. The summed E-state index contributed by atoms with van der Waals surface area (Å²) in [6, 6.07) is 14.8. The Morgan fingerprint density at radius 2 is 1.70 bits per heavy atom. The number of amides is 2. The third kappa shape index (κ3) is 4.70. The number of carbonyl (C=O) groups excluding carboxylic acids is 2. The first-order chi connectivity index (χ1) is 14.5. The molecule has 1 heterocycles.